The van der Waals surface area contributed by atoms with Gasteiger partial charge in [0.2, 0.25) is 0 Å². The van der Waals surface area contributed by atoms with Gasteiger partial charge in [-0.1, -0.05) is 20.8 Å². The first-order valence-corrected chi connectivity index (χ1v) is 7.29. The number of aliphatic hydroxyl groups is 1. The summed E-state index contributed by atoms with van der Waals surface area (Å²) in [5.74, 6) is 1.59. The maximum Gasteiger partial charge on any atom is 0.275 e. The van der Waals surface area contributed by atoms with E-state index in [4.69, 9.17) is 0 Å². The van der Waals surface area contributed by atoms with Crippen LogP contribution < -0.4 is 0 Å². The molecule has 2 fully saturated rings. The number of fused-ring (bicyclic) bond motifs is 2. The van der Waals surface area contributed by atoms with Crippen molar-refractivity contribution in [3.05, 3.63) is 5.57 Å². The van der Waals surface area contributed by atoms with Gasteiger partial charge in [0, 0.05) is 5.41 Å². The van der Waals surface area contributed by atoms with Crippen LogP contribution in [-0.4, -0.2) is 34.4 Å². The molecule has 18 heavy (non-hydrogen) atoms. The van der Waals surface area contributed by atoms with Crippen molar-refractivity contribution in [2.24, 2.45) is 10.8 Å². The van der Waals surface area contributed by atoms with E-state index in [-0.39, 0.29) is 12.0 Å². The van der Waals surface area contributed by atoms with E-state index >= 15 is 0 Å². The molecule has 2 rings (SSSR count). The molecule has 0 unspecified atom stereocenters. The Morgan fingerprint density at radius 1 is 1.17 bits per heavy atom. The Hall–Kier alpha value is -0.680. The van der Waals surface area contributed by atoms with Crippen LogP contribution in [0.1, 0.15) is 40.5 Å². The lowest BCUT2D eigenvalue weighted by atomic mass is 9.65. The number of hydrogen-bond acceptors (Lipinski definition) is 4. The molecule has 0 radical (unpaired) electrons. The lowest BCUT2D eigenvalue weighted by Crippen LogP contribution is -2.47. The van der Waals surface area contributed by atoms with Gasteiger partial charge in [-0.2, -0.15) is 8.42 Å². The smallest absolute Gasteiger partial charge is 0.275 e. The van der Waals surface area contributed by atoms with E-state index in [0.29, 0.717) is 6.42 Å². The SMILES string of the molecule is CC1(C)[C@]2(S(=O)(=O)O)CC[C@@]1(C)[C@](C)(O)C2=C=O. The minimum Gasteiger partial charge on any atom is -0.384 e. The van der Waals surface area contributed by atoms with Crippen molar-refractivity contribution in [2.75, 3.05) is 0 Å². The Morgan fingerprint density at radius 3 is 2.00 bits per heavy atom. The first-order valence-electron chi connectivity index (χ1n) is 5.85. The van der Waals surface area contributed by atoms with Gasteiger partial charge >= 0.3 is 0 Å². The molecular weight excluding hydrogens is 256 g/mol. The van der Waals surface area contributed by atoms with E-state index < -0.39 is 31.3 Å². The first kappa shape index (κ1) is 13.7. The van der Waals surface area contributed by atoms with Crippen molar-refractivity contribution in [1.82, 2.24) is 0 Å². The van der Waals surface area contributed by atoms with Crippen LogP contribution >= 0.6 is 0 Å². The standard InChI is InChI=1S/C12H18O5S/c1-9(2)10(3)5-6-12(9,18(15,16)17)8(7-13)11(10,4)14/h14H,5-6H2,1-4H3,(H,15,16,17)/t10-,11-,12+/m1/s1. The Bertz CT molecular complexity index is 567. The zero-order valence-corrected chi connectivity index (χ0v) is 11.8. The molecule has 0 amide bonds. The minimum absolute atomic E-state index is 0.135. The fraction of sp³-hybridized carbons (Fsp3) is 0.833. The van der Waals surface area contributed by atoms with Crippen LogP contribution in [0.2, 0.25) is 0 Å². The summed E-state index contributed by atoms with van der Waals surface area (Å²) in [5.41, 5.74) is -3.55. The normalized spacial score (nSPS) is 46.2. The van der Waals surface area contributed by atoms with Gasteiger partial charge in [0.05, 0.1) is 5.57 Å². The predicted octanol–water partition coefficient (Wildman–Crippen LogP) is 0.962. The molecule has 2 bridgehead atoms. The summed E-state index contributed by atoms with van der Waals surface area (Å²) in [7, 11) is -4.51. The molecule has 2 aliphatic carbocycles. The molecule has 0 saturated heterocycles. The summed E-state index contributed by atoms with van der Waals surface area (Å²) >= 11 is 0. The van der Waals surface area contributed by atoms with Gasteiger partial charge in [-0.05, 0) is 25.2 Å². The van der Waals surface area contributed by atoms with Crippen LogP contribution in [0, 0.1) is 10.8 Å². The van der Waals surface area contributed by atoms with Crippen molar-refractivity contribution < 1.29 is 22.9 Å². The first-order chi connectivity index (χ1) is 7.90. The van der Waals surface area contributed by atoms with Crippen LogP contribution in [0.25, 0.3) is 0 Å². The Balaban J connectivity index is 2.95. The number of rotatable bonds is 1. The number of hydrogen-bond donors (Lipinski definition) is 2. The molecule has 102 valence electrons. The number of carbonyl (C=O) groups excluding carboxylic acids is 1. The molecule has 2 saturated carbocycles. The summed E-state index contributed by atoms with van der Waals surface area (Å²) in [5, 5.41) is 10.6. The van der Waals surface area contributed by atoms with Crippen molar-refractivity contribution in [1.29, 1.82) is 0 Å². The topological polar surface area (TPSA) is 91.7 Å². The highest BCUT2D eigenvalue weighted by molar-refractivity contribution is 7.87. The second kappa shape index (κ2) is 3.07. The van der Waals surface area contributed by atoms with Gasteiger partial charge in [-0.3, -0.25) is 4.55 Å². The van der Waals surface area contributed by atoms with Gasteiger partial charge in [0.15, 0.2) is 0 Å². The molecule has 0 heterocycles. The molecule has 5 nitrogen and oxygen atoms in total. The van der Waals surface area contributed by atoms with Crippen LogP contribution in [-0.2, 0) is 14.9 Å². The monoisotopic (exact) mass is 274 g/mol. The molecule has 0 aliphatic heterocycles. The second-order valence-corrected chi connectivity index (χ2v) is 7.96. The zero-order chi connectivity index (χ0) is 14.2. The van der Waals surface area contributed by atoms with Crippen molar-refractivity contribution in [2.45, 2.75) is 50.9 Å². The quantitative estimate of drug-likeness (QED) is 0.549. The van der Waals surface area contributed by atoms with E-state index in [0.717, 1.165) is 0 Å². The summed E-state index contributed by atoms with van der Waals surface area (Å²) in [6.07, 6.45) is 0.564. The van der Waals surface area contributed by atoms with Gasteiger partial charge < -0.3 is 5.11 Å². The molecule has 0 aromatic carbocycles. The lowest BCUT2D eigenvalue weighted by molar-refractivity contribution is -0.0522. The van der Waals surface area contributed by atoms with Gasteiger partial charge in [-0.25, -0.2) is 4.79 Å². The van der Waals surface area contributed by atoms with Gasteiger partial charge in [0.25, 0.3) is 10.1 Å². The summed E-state index contributed by atoms with van der Waals surface area (Å²) < 4.78 is 31.7. The average Bonchev–Trinajstić information content (AvgIpc) is 2.44. The Morgan fingerprint density at radius 2 is 1.67 bits per heavy atom. The highest BCUT2D eigenvalue weighted by Crippen LogP contribution is 2.75. The van der Waals surface area contributed by atoms with Gasteiger partial charge in [-0.15, -0.1) is 0 Å². The van der Waals surface area contributed by atoms with Crippen molar-refractivity contribution in [3.63, 3.8) is 0 Å². The third-order valence-electron chi connectivity index (χ3n) is 5.87. The highest BCUT2D eigenvalue weighted by atomic mass is 32.2. The summed E-state index contributed by atoms with van der Waals surface area (Å²) in [6, 6.07) is 0. The third-order valence-corrected chi connectivity index (χ3v) is 7.67. The largest absolute Gasteiger partial charge is 0.384 e. The van der Waals surface area contributed by atoms with Crippen LogP contribution in [0.5, 0.6) is 0 Å². The molecule has 0 spiro atoms. The van der Waals surface area contributed by atoms with Gasteiger partial charge in [0.1, 0.15) is 16.3 Å². The van der Waals surface area contributed by atoms with Crippen LogP contribution in [0.15, 0.2) is 5.57 Å². The molecule has 3 atom stereocenters. The van der Waals surface area contributed by atoms with Crippen LogP contribution in [0.4, 0.5) is 0 Å². The minimum atomic E-state index is -4.51. The van der Waals surface area contributed by atoms with E-state index in [9.17, 15) is 22.9 Å². The van der Waals surface area contributed by atoms with E-state index in [1.54, 1.807) is 26.7 Å². The van der Waals surface area contributed by atoms with Crippen molar-refractivity contribution >= 4 is 16.1 Å². The summed E-state index contributed by atoms with van der Waals surface area (Å²) in [4.78, 5) is 11.2. The average molecular weight is 274 g/mol. The molecular formula is C12H18O5S. The maximum absolute atomic E-state index is 11.9. The van der Waals surface area contributed by atoms with E-state index in [1.807, 2.05) is 0 Å². The lowest BCUT2D eigenvalue weighted by Gasteiger charge is -2.42. The molecule has 2 aliphatic rings. The Labute approximate surface area is 107 Å². The van der Waals surface area contributed by atoms with E-state index in [2.05, 4.69) is 0 Å². The summed E-state index contributed by atoms with van der Waals surface area (Å²) in [6.45, 7) is 6.53. The maximum atomic E-state index is 11.9. The predicted molar refractivity (Wildman–Crippen MR) is 65.2 cm³/mol. The zero-order valence-electron chi connectivity index (χ0n) is 10.9. The molecule has 2 N–H and O–H groups in total. The van der Waals surface area contributed by atoms with E-state index in [1.165, 1.54) is 6.92 Å². The molecule has 0 aromatic rings. The fourth-order valence-corrected chi connectivity index (χ4v) is 5.95. The molecule has 0 aromatic heterocycles. The second-order valence-electron chi connectivity index (χ2n) is 6.31. The third kappa shape index (κ3) is 0.990. The Kier molecular flexibility index (Phi) is 2.34. The van der Waals surface area contributed by atoms with Crippen LogP contribution in [0.3, 0.4) is 0 Å². The molecule has 6 heteroatoms. The van der Waals surface area contributed by atoms with Crippen molar-refractivity contribution in [3.8, 4) is 0 Å². The fourth-order valence-electron chi connectivity index (χ4n) is 4.22. The highest BCUT2D eigenvalue weighted by Gasteiger charge is 2.81.